The lowest BCUT2D eigenvalue weighted by Crippen LogP contribution is -2.47. The number of amides is 1. The van der Waals surface area contributed by atoms with Crippen LogP contribution in [0.25, 0.3) is 0 Å². The van der Waals surface area contributed by atoms with Gasteiger partial charge in [-0.05, 0) is 43.8 Å². The Morgan fingerprint density at radius 1 is 1.34 bits per heavy atom. The van der Waals surface area contributed by atoms with Crippen LogP contribution < -0.4 is 5.32 Å². The van der Waals surface area contributed by atoms with E-state index < -0.39 is 18.0 Å². The van der Waals surface area contributed by atoms with E-state index in [-0.39, 0.29) is 17.7 Å². The Kier molecular flexibility index (Phi) is 8.79. The third-order valence-electron chi connectivity index (χ3n) is 6.96. The van der Waals surface area contributed by atoms with Gasteiger partial charge in [-0.15, -0.1) is 0 Å². The van der Waals surface area contributed by atoms with E-state index in [1.54, 1.807) is 12.2 Å². The minimum Gasteiger partial charge on any atom is -0.383 e. The quantitative estimate of drug-likeness (QED) is 0.189. The van der Waals surface area contributed by atoms with Crippen LogP contribution in [0.15, 0.2) is 46.6 Å². The zero-order valence-corrected chi connectivity index (χ0v) is 20.3. The van der Waals surface area contributed by atoms with Crippen molar-refractivity contribution in [2.45, 2.75) is 83.7 Å². The largest absolute Gasteiger partial charge is 0.383 e. The van der Waals surface area contributed by atoms with Crippen molar-refractivity contribution in [2.24, 2.45) is 17.8 Å². The summed E-state index contributed by atoms with van der Waals surface area (Å²) in [5.41, 5.74) is 1.26. The number of nitrogens with one attached hydrogen (secondary N) is 1. The fourth-order valence-electron chi connectivity index (χ4n) is 5.08. The summed E-state index contributed by atoms with van der Waals surface area (Å²) in [6, 6.07) is 0. The highest BCUT2D eigenvalue weighted by atomic mass is 35.5. The van der Waals surface area contributed by atoms with Crippen LogP contribution in [-0.2, 0) is 9.53 Å². The second-order valence-corrected chi connectivity index (χ2v) is 10.1. The van der Waals surface area contributed by atoms with Gasteiger partial charge in [0.2, 0.25) is 5.91 Å². The van der Waals surface area contributed by atoms with Gasteiger partial charge in [-0.1, -0.05) is 74.9 Å². The van der Waals surface area contributed by atoms with E-state index in [1.807, 2.05) is 19.1 Å². The molecule has 0 radical (unpaired) electrons. The molecule has 3 rings (SSSR count). The van der Waals surface area contributed by atoms with Gasteiger partial charge < -0.3 is 20.3 Å². The number of ether oxygens (including phenoxy) is 1. The van der Waals surface area contributed by atoms with E-state index in [2.05, 4.69) is 25.2 Å². The summed E-state index contributed by atoms with van der Waals surface area (Å²) in [4.78, 5) is 12.3. The van der Waals surface area contributed by atoms with Crippen molar-refractivity contribution in [3.05, 3.63) is 46.6 Å². The zero-order chi connectivity index (χ0) is 23.3. The molecule has 178 valence electrons. The summed E-state index contributed by atoms with van der Waals surface area (Å²) < 4.78 is 5.94. The molecule has 3 N–H and O–H groups in total. The van der Waals surface area contributed by atoms with Gasteiger partial charge in [0.05, 0.1) is 5.60 Å². The maximum Gasteiger partial charge on any atom is 0.243 e. The molecule has 1 amide bonds. The molecule has 1 spiro atoms. The molecule has 0 aromatic carbocycles. The number of hydrogen-bond donors (Lipinski definition) is 3. The Balaban J connectivity index is 1.47. The average molecular weight is 464 g/mol. The van der Waals surface area contributed by atoms with Crippen molar-refractivity contribution in [2.75, 3.05) is 6.54 Å². The van der Waals surface area contributed by atoms with Crippen LogP contribution in [0.2, 0.25) is 0 Å². The van der Waals surface area contributed by atoms with Crippen LogP contribution in [0.3, 0.4) is 0 Å². The molecule has 6 atom stereocenters. The first kappa shape index (κ1) is 25.2. The highest BCUT2D eigenvalue weighted by molar-refractivity contribution is 6.30. The molecular formula is C26H38ClNO4. The number of unbranched alkanes of at least 4 members (excludes halogenated alkanes) is 3. The maximum atomic E-state index is 12.3. The molecule has 0 saturated carbocycles. The highest BCUT2D eigenvalue weighted by Gasteiger charge is 2.55. The molecule has 5 nitrogen and oxygen atoms in total. The van der Waals surface area contributed by atoms with Crippen molar-refractivity contribution in [3.63, 3.8) is 0 Å². The van der Waals surface area contributed by atoms with Crippen LogP contribution in [0.1, 0.15) is 65.7 Å². The van der Waals surface area contributed by atoms with E-state index in [1.165, 1.54) is 32.1 Å². The normalized spacial score (nSPS) is 33.0. The molecular weight excluding hydrogens is 426 g/mol. The summed E-state index contributed by atoms with van der Waals surface area (Å²) in [5, 5.41) is 23.9. The number of halogens is 1. The van der Waals surface area contributed by atoms with Crippen molar-refractivity contribution < 1.29 is 19.7 Å². The molecule has 0 aromatic rings. The lowest BCUT2D eigenvalue weighted by molar-refractivity contribution is -0.149. The lowest BCUT2D eigenvalue weighted by atomic mass is 9.65. The number of fused-ring (bicyclic) bond motifs is 2. The number of aliphatic hydroxyl groups is 2. The summed E-state index contributed by atoms with van der Waals surface area (Å²) in [7, 11) is 0. The summed E-state index contributed by atoms with van der Waals surface area (Å²) in [6.45, 7) is 6.77. The van der Waals surface area contributed by atoms with Gasteiger partial charge in [-0.3, -0.25) is 4.79 Å². The molecule has 2 aliphatic carbocycles. The number of hydrogen-bond acceptors (Lipinski definition) is 4. The predicted molar refractivity (Wildman–Crippen MR) is 128 cm³/mol. The second kappa shape index (κ2) is 11.1. The molecule has 2 unspecified atom stereocenters. The van der Waals surface area contributed by atoms with Gasteiger partial charge in [0.1, 0.15) is 6.10 Å². The number of allylic oxidation sites excluding steroid dienone is 4. The van der Waals surface area contributed by atoms with Crippen LogP contribution in [-0.4, -0.2) is 40.7 Å². The van der Waals surface area contributed by atoms with E-state index in [0.29, 0.717) is 23.9 Å². The third-order valence-corrected chi connectivity index (χ3v) is 7.28. The molecule has 1 fully saturated rings. The van der Waals surface area contributed by atoms with Gasteiger partial charge in [0, 0.05) is 29.5 Å². The molecule has 0 aromatic heterocycles. The zero-order valence-electron chi connectivity index (χ0n) is 19.5. The Morgan fingerprint density at radius 2 is 2.12 bits per heavy atom. The second-order valence-electron chi connectivity index (χ2n) is 9.67. The summed E-state index contributed by atoms with van der Waals surface area (Å²) >= 11 is 6.23. The van der Waals surface area contributed by atoms with Crippen molar-refractivity contribution in [1.29, 1.82) is 0 Å². The average Bonchev–Trinajstić information content (AvgIpc) is 3.01. The van der Waals surface area contributed by atoms with Gasteiger partial charge in [0.15, 0.2) is 6.29 Å². The Hall–Kier alpha value is -1.40. The number of carbonyl (C=O) groups is 1. The monoisotopic (exact) mass is 463 g/mol. The van der Waals surface area contributed by atoms with E-state index >= 15 is 0 Å². The van der Waals surface area contributed by atoms with Gasteiger partial charge in [0.25, 0.3) is 0 Å². The number of aliphatic hydroxyl groups excluding tert-OH is 2. The van der Waals surface area contributed by atoms with Crippen molar-refractivity contribution >= 4 is 17.5 Å². The number of rotatable bonds is 10. The Labute approximate surface area is 197 Å². The van der Waals surface area contributed by atoms with Crippen LogP contribution in [0, 0.1) is 17.8 Å². The predicted octanol–water partition coefficient (Wildman–Crippen LogP) is 4.75. The van der Waals surface area contributed by atoms with Gasteiger partial charge in [-0.25, -0.2) is 0 Å². The molecule has 1 saturated heterocycles. The van der Waals surface area contributed by atoms with E-state index in [0.717, 1.165) is 17.6 Å². The Bertz CT molecular complexity index is 802. The first-order valence-corrected chi connectivity index (χ1v) is 12.4. The van der Waals surface area contributed by atoms with Crippen LogP contribution >= 0.6 is 11.6 Å². The Morgan fingerprint density at radius 3 is 2.81 bits per heavy atom. The van der Waals surface area contributed by atoms with Gasteiger partial charge >= 0.3 is 0 Å². The maximum absolute atomic E-state index is 12.3. The highest BCUT2D eigenvalue weighted by Crippen LogP contribution is 2.53. The molecule has 32 heavy (non-hydrogen) atoms. The van der Waals surface area contributed by atoms with E-state index in [4.69, 9.17) is 16.3 Å². The van der Waals surface area contributed by atoms with Crippen LogP contribution in [0.4, 0.5) is 0 Å². The molecule has 1 heterocycles. The smallest absolute Gasteiger partial charge is 0.243 e. The van der Waals surface area contributed by atoms with Gasteiger partial charge in [-0.2, -0.15) is 0 Å². The molecule has 3 aliphatic rings. The first-order chi connectivity index (χ1) is 15.3. The summed E-state index contributed by atoms with van der Waals surface area (Å²) in [5.74, 6) is 0.121. The SMILES string of the molecule is CCCCCC[C@@H](C)/C=C(C)/C=C/C(=O)NCC1C[C@@]2(C=C(Cl)[C@@H](O)C3=CC[C@H]32)OC1O. The topological polar surface area (TPSA) is 78.8 Å². The molecule has 1 aliphatic heterocycles. The standard InChI is InChI=1S/C26H38ClNO4/c1-4-5-6-7-8-17(2)13-18(3)9-12-23(29)28-16-19-14-26(32-25(19)31)15-22(27)24(30)20-10-11-21(20)26/h9-10,12-13,15,17,19,21,24-25,30-31H,4-8,11,14,16H2,1-3H3,(H,28,29)/b12-9+,18-13+/t17-,19?,21-,24+,25?,26+/m1/s1. The van der Waals surface area contributed by atoms with Crippen molar-refractivity contribution in [3.8, 4) is 0 Å². The molecule has 0 bridgehead atoms. The fraction of sp³-hybridized carbons (Fsp3) is 0.654. The van der Waals surface area contributed by atoms with Crippen molar-refractivity contribution in [1.82, 2.24) is 5.32 Å². The lowest BCUT2D eigenvalue weighted by Gasteiger charge is -2.45. The van der Waals surface area contributed by atoms with Crippen LogP contribution in [0.5, 0.6) is 0 Å². The summed E-state index contributed by atoms with van der Waals surface area (Å²) in [6.07, 6.45) is 15.2. The third kappa shape index (κ3) is 5.93. The van der Waals surface area contributed by atoms with E-state index in [9.17, 15) is 15.0 Å². The fourth-order valence-corrected chi connectivity index (χ4v) is 5.39. The number of carbonyl (C=O) groups excluding carboxylic acids is 1. The minimum absolute atomic E-state index is 0.0343. The minimum atomic E-state index is -0.979. The first-order valence-electron chi connectivity index (χ1n) is 12.0. The molecule has 6 heteroatoms.